The first-order valence-electron chi connectivity index (χ1n) is 10.3. The number of carbonyl (C=O) groups is 2. The summed E-state index contributed by atoms with van der Waals surface area (Å²) >= 11 is 5.86. The second-order valence-electron chi connectivity index (χ2n) is 7.43. The van der Waals surface area contributed by atoms with Gasteiger partial charge in [0.25, 0.3) is 5.91 Å². The fourth-order valence-corrected chi connectivity index (χ4v) is 3.95. The number of allylic oxidation sites excluding steroid dienone is 1. The molecule has 1 unspecified atom stereocenters. The Kier molecular flexibility index (Phi) is 7.71. The van der Waals surface area contributed by atoms with Crippen LogP contribution in [0, 0.1) is 6.92 Å². The quantitative estimate of drug-likeness (QED) is 0.560. The van der Waals surface area contributed by atoms with E-state index in [4.69, 9.17) is 30.5 Å². The zero-order valence-corrected chi connectivity index (χ0v) is 19.8. The van der Waals surface area contributed by atoms with E-state index < -0.39 is 11.5 Å². The van der Waals surface area contributed by atoms with Crippen molar-refractivity contribution in [2.75, 3.05) is 27.9 Å². The van der Waals surface area contributed by atoms with Gasteiger partial charge in [0.05, 0.1) is 27.9 Å². The van der Waals surface area contributed by atoms with Crippen LogP contribution in [0.25, 0.3) is 0 Å². The first-order valence-corrected chi connectivity index (χ1v) is 10.6. The van der Waals surface area contributed by atoms with Gasteiger partial charge in [0, 0.05) is 22.8 Å². The second kappa shape index (κ2) is 10.5. The zero-order chi connectivity index (χ0) is 24.0. The number of benzene rings is 1. The molecule has 9 heteroatoms. The van der Waals surface area contributed by atoms with E-state index in [9.17, 15) is 9.59 Å². The number of aryl methyl sites for hydroxylation is 1. The molecule has 1 aromatic carbocycles. The Bertz CT molecular complexity index is 1070. The molecule has 1 aliphatic rings. The Morgan fingerprint density at radius 3 is 2.39 bits per heavy atom. The van der Waals surface area contributed by atoms with Crippen LogP contribution in [0.1, 0.15) is 17.8 Å². The molecule has 1 aromatic heterocycles. The lowest BCUT2D eigenvalue weighted by atomic mass is 9.88. The fraction of sp³-hybridized carbons (Fsp3) is 0.333. The molecular formula is C24H27ClN2O6. The van der Waals surface area contributed by atoms with Gasteiger partial charge in [-0.15, -0.1) is 0 Å². The van der Waals surface area contributed by atoms with Crippen LogP contribution in [0.2, 0.25) is 5.02 Å². The zero-order valence-electron chi connectivity index (χ0n) is 19.0. The van der Waals surface area contributed by atoms with Crippen molar-refractivity contribution in [2.24, 2.45) is 0 Å². The van der Waals surface area contributed by atoms with E-state index in [2.05, 4.69) is 5.32 Å². The van der Waals surface area contributed by atoms with E-state index in [1.54, 1.807) is 36.4 Å². The van der Waals surface area contributed by atoms with Crippen LogP contribution < -0.4 is 10.1 Å². The topological polar surface area (TPSA) is 88.0 Å². The normalized spacial score (nSPS) is 17.5. The number of esters is 1. The highest BCUT2D eigenvalue weighted by atomic mass is 35.5. The molecule has 176 valence electrons. The van der Waals surface area contributed by atoms with Gasteiger partial charge < -0.3 is 28.8 Å². The number of hydrogen-bond donors (Lipinski definition) is 1. The van der Waals surface area contributed by atoms with E-state index in [1.165, 1.54) is 21.3 Å². The second-order valence-corrected chi connectivity index (χ2v) is 7.86. The van der Waals surface area contributed by atoms with Gasteiger partial charge in [0.2, 0.25) is 0 Å². The Balaban J connectivity index is 1.80. The maximum atomic E-state index is 13.0. The highest BCUT2D eigenvalue weighted by molar-refractivity contribution is 6.30. The predicted molar refractivity (Wildman–Crippen MR) is 123 cm³/mol. The van der Waals surface area contributed by atoms with Gasteiger partial charge in [-0.25, -0.2) is 4.79 Å². The highest BCUT2D eigenvalue weighted by Crippen LogP contribution is 2.36. The molecule has 2 aromatic rings. The lowest BCUT2D eigenvalue weighted by Crippen LogP contribution is -2.44. The molecule has 3 rings (SSSR count). The van der Waals surface area contributed by atoms with Crippen molar-refractivity contribution in [3.63, 3.8) is 0 Å². The standard InChI is InChI=1S/C24H27ClN2O6/c1-16-5-8-18(14-26-22(28)15-33-19-9-6-17(25)7-10-19)27(16)24(23(29)32-4)12-11-20(30-2)21(13-24)31-3/h5-11,13H,12,14-15H2,1-4H3,(H,26,28). The molecule has 0 fully saturated rings. The molecule has 0 bridgehead atoms. The molecule has 0 saturated heterocycles. The number of methoxy groups -OCH3 is 3. The summed E-state index contributed by atoms with van der Waals surface area (Å²) < 4.78 is 23.3. The number of carbonyl (C=O) groups excluding carboxylic acids is 2. The molecule has 1 heterocycles. The molecule has 1 amide bonds. The average molecular weight is 475 g/mol. The molecule has 33 heavy (non-hydrogen) atoms. The van der Waals surface area contributed by atoms with Crippen molar-refractivity contribution in [2.45, 2.75) is 25.4 Å². The minimum absolute atomic E-state index is 0.156. The number of rotatable bonds is 9. The van der Waals surface area contributed by atoms with E-state index in [0.717, 1.165) is 11.4 Å². The lowest BCUT2D eigenvalue weighted by Gasteiger charge is -2.35. The van der Waals surface area contributed by atoms with Crippen LogP contribution in [-0.4, -0.2) is 44.4 Å². The molecule has 0 radical (unpaired) electrons. The molecule has 1 N–H and O–H groups in total. The SMILES string of the molecule is COC(=O)C1(n2c(C)ccc2CNC(=O)COc2ccc(Cl)cc2)C=C(OC)C(OC)=CC1. The van der Waals surface area contributed by atoms with Crippen molar-refractivity contribution >= 4 is 23.5 Å². The average Bonchev–Trinajstić information content (AvgIpc) is 3.21. The number of nitrogens with zero attached hydrogens (tertiary/aromatic N) is 1. The molecule has 1 atom stereocenters. The van der Waals surface area contributed by atoms with Gasteiger partial charge >= 0.3 is 5.97 Å². The predicted octanol–water partition coefficient (Wildman–Crippen LogP) is 3.48. The molecule has 0 spiro atoms. The smallest absolute Gasteiger partial charge is 0.336 e. The Morgan fingerprint density at radius 1 is 1.06 bits per heavy atom. The fourth-order valence-electron chi connectivity index (χ4n) is 3.83. The van der Waals surface area contributed by atoms with Crippen LogP contribution in [0.3, 0.4) is 0 Å². The Morgan fingerprint density at radius 2 is 1.76 bits per heavy atom. The minimum Gasteiger partial charge on any atom is -0.493 e. The van der Waals surface area contributed by atoms with Gasteiger partial charge in [0.15, 0.2) is 23.7 Å². The number of ether oxygens (including phenoxy) is 4. The number of halogens is 1. The summed E-state index contributed by atoms with van der Waals surface area (Å²) in [5.41, 5.74) is 0.358. The van der Waals surface area contributed by atoms with E-state index in [-0.39, 0.29) is 19.1 Å². The molecule has 0 saturated carbocycles. The summed E-state index contributed by atoms with van der Waals surface area (Å²) in [7, 11) is 4.39. The summed E-state index contributed by atoms with van der Waals surface area (Å²) in [4.78, 5) is 25.4. The van der Waals surface area contributed by atoms with Crippen LogP contribution in [0.5, 0.6) is 5.75 Å². The van der Waals surface area contributed by atoms with E-state index in [1.807, 2.05) is 23.6 Å². The maximum Gasteiger partial charge on any atom is 0.336 e. The lowest BCUT2D eigenvalue weighted by molar-refractivity contribution is -0.149. The maximum absolute atomic E-state index is 13.0. The van der Waals surface area contributed by atoms with Crippen molar-refractivity contribution in [3.8, 4) is 5.75 Å². The molecule has 8 nitrogen and oxygen atoms in total. The Labute approximate surface area is 197 Å². The third kappa shape index (κ3) is 5.17. The van der Waals surface area contributed by atoms with Crippen LogP contribution >= 0.6 is 11.6 Å². The largest absolute Gasteiger partial charge is 0.493 e. The first-order chi connectivity index (χ1) is 15.8. The molecule has 0 aliphatic heterocycles. The van der Waals surface area contributed by atoms with Gasteiger partial charge in [-0.3, -0.25) is 4.79 Å². The number of nitrogens with one attached hydrogen (secondary N) is 1. The summed E-state index contributed by atoms with van der Waals surface area (Å²) in [6.45, 7) is 1.92. The third-order valence-corrected chi connectivity index (χ3v) is 5.65. The molecule has 1 aliphatic carbocycles. The van der Waals surface area contributed by atoms with Gasteiger partial charge in [0.1, 0.15) is 5.75 Å². The third-order valence-electron chi connectivity index (χ3n) is 5.40. The van der Waals surface area contributed by atoms with Gasteiger partial charge in [-0.2, -0.15) is 0 Å². The van der Waals surface area contributed by atoms with Crippen molar-refractivity contribution in [1.29, 1.82) is 0 Å². The summed E-state index contributed by atoms with van der Waals surface area (Å²) in [6, 6.07) is 10.5. The van der Waals surface area contributed by atoms with Gasteiger partial charge in [-0.05, 0) is 55.5 Å². The van der Waals surface area contributed by atoms with Crippen LogP contribution in [0.4, 0.5) is 0 Å². The van der Waals surface area contributed by atoms with Crippen molar-refractivity contribution in [1.82, 2.24) is 9.88 Å². The van der Waals surface area contributed by atoms with Crippen molar-refractivity contribution < 1.29 is 28.5 Å². The summed E-state index contributed by atoms with van der Waals surface area (Å²) in [5, 5.41) is 3.42. The number of aromatic nitrogens is 1. The monoisotopic (exact) mass is 474 g/mol. The highest BCUT2D eigenvalue weighted by Gasteiger charge is 2.44. The van der Waals surface area contributed by atoms with E-state index >= 15 is 0 Å². The van der Waals surface area contributed by atoms with Crippen molar-refractivity contribution in [3.05, 3.63) is 76.5 Å². The minimum atomic E-state index is -1.18. The van der Waals surface area contributed by atoms with Gasteiger partial charge in [-0.1, -0.05) is 11.6 Å². The van der Waals surface area contributed by atoms with E-state index in [0.29, 0.717) is 28.7 Å². The number of amides is 1. The number of hydrogen-bond acceptors (Lipinski definition) is 6. The van der Waals surface area contributed by atoms with Crippen LogP contribution in [0.15, 0.2) is 60.1 Å². The summed E-state index contributed by atoms with van der Waals surface area (Å²) in [6.07, 6.45) is 3.78. The first kappa shape index (κ1) is 24.3. The van der Waals surface area contributed by atoms with Crippen LogP contribution in [-0.2, 0) is 35.9 Å². The molecular weight excluding hydrogens is 448 g/mol. The summed E-state index contributed by atoms with van der Waals surface area (Å²) in [5.74, 6) is 0.741. The Hall–Kier alpha value is -3.39.